The standard InChI is InChI=1S/C20H24N4O4S2/c1-13-9-14(2)11-16(10-13)24(30(5,26)27)15(3)20(25)23(4)12-18-21-19(22-28-18)17-7-6-8-29-17/h6-11,15H,12H2,1-5H3/t15-/m0/s1. The molecule has 3 rings (SSSR count). The first-order chi connectivity index (χ1) is 14.1. The molecule has 1 aromatic carbocycles. The molecule has 0 spiro atoms. The number of rotatable bonds is 7. The van der Waals surface area contributed by atoms with Crippen LogP contribution >= 0.6 is 11.3 Å². The first kappa shape index (κ1) is 22.0. The van der Waals surface area contributed by atoms with Crippen molar-refractivity contribution in [2.45, 2.75) is 33.4 Å². The minimum atomic E-state index is -3.69. The highest BCUT2D eigenvalue weighted by atomic mass is 32.2. The van der Waals surface area contributed by atoms with E-state index < -0.39 is 16.1 Å². The second-order valence-corrected chi connectivity index (χ2v) is 10.1. The van der Waals surface area contributed by atoms with Crippen molar-refractivity contribution in [3.8, 4) is 10.7 Å². The monoisotopic (exact) mass is 448 g/mol. The number of likely N-dealkylation sites (N-methyl/N-ethyl adjacent to an activating group) is 1. The summed E-state index contributed by atoms with van der Waals surface area (Å²) >= 11 is 1.49. The molecule has 2 aromatic heterocycles. The van der Waals surface area contributed by atoms with Crippen molar-refractivity contribution in [1.82, 2.24) is 15.0 Å². The van der Waals surface area contributed by atoms with E-state index >= 15 is 0 Å². The number of carbonyl (C=O) groups is 1. The molecule has 3 aromatic rings. The van der Waals surface area contributed by atoms with E-state index in [-0.39, 0.29) is 18.3 Å². The van der Waals surface area contributed by atoms with Crippen molar-refractivity contribution in [3.05, 3.63) is 52.7 Å². The average Bonchev–Trinajstić information content (AvgIpc) is 3.30. The first-order valence-corrected chi connectivity index (χ1v) is 12.0. The summed E-state index contributed by atoms with van der Waals surface area (Å²) in [5, 5.41) is 5.85. The fourth-order valence-corrected chi connectivity index (χ4v) is 5.11. The number of benzene rings is 1. The van der Waals surface area contributed by atoms with Crippen molar-refractivity contribution < 1.29 is 17.7 Å². The molecule has 0 saturated heterocycles. The van der Waals surface area contributed by atoms with Crippen LogP contribution in [0.5, 0.6) is 0 Å². The number of hydrogen-bond acceptors (Lipinski definition) is 7. The summed E-state index contributed by atoms with van der Waals surface area (Å²) in [6.07, 6.45) is 1.10. The van der Waals surface area contributed by atoms with Crippen molar-refractivity contribution >= 4 is 33.0 Å². The number of amides is 1. The van der Waals surface area contributed by atoms with Gasteiger partial charge < -0.3 is 9.42 Å². The lowest BCUT2D eigenvalue weighted by Crippen LogP contribution is -2.48. The van der Waals surface area contributed by atoms with Crippen LogP contribution < -0.4 is 4.31 Å². The Balaban J connectivity index is 1.81. The summed E-state index contributed by atoms with van der Waals surface area (Å²) in [6.45, 7) is 5.42. The van der Waals surface area contributed by atoms with Crippen LogP contribution in [-0.2, 0) is 21.4 Å². The SMILES string of the molecule is Cc1cc(C)cc(N([C@@H](C)C(=O)N(C)Cc2nc(-c3cccs3)no2)S(C)(=O)=O)c1. The van der Waals surface area contributed by atoms with E-state index in [4.69, 9.17) is 4.52 Å². The Morgan fingerprint density at radius 1 is 1.23 bits per heavy atom. The third-order valence-corrected chi connectivity index (χ3v) is 6.59. The predicted octanol–water partition coefficient (Wildman–Crippen LogP) is 3.23. The zero-order valence-electron chi connectivity index (χ0n) is 17.5. The number of anilines is 1. The molecule has 0 bridgehead atoms. The van der Waals surface area contributed by atoms with Gasteiger partial charge in [0.2, 0.25) is 27.6 Å². The molecule has 0 saturated carbocycles. The third kappa shape index (κ3) is 4.88. The molecule has 10 heteroatoms. The highest BCUT2D eigenvalue weighted by molar-refractivity contribution is 7.92. The molecule has 30 heavy (non-hydrogen) atoms. The average molecular weight is 449 g/mol. The van der Waals surface area contributed by atoms with Gasteiger partial charge >= 0.3 is 0 Å². The Morgan fingerprint density at radius 3 is 2.47 bits per heavy atom. The van der Waals surface area contributed by atoms with Gasteiger partial charge in [-0.2, -0.15) is 4.98 Å². The quantitative estimate of drug-likeness (QED) is 0.551. The summed E-state index contributed by atoms with van der Waals surface area (Å²) < 4.78 is 31.5. The van der Waals surface area contributed by atoms with Gasteiger partial charge in [0.05, 0.1) is 23.4 Å². The number of aryl methyl sites for hydroxylation is 2. The molecule has 1 amide bonds. The Hall–Kier alpha value is -2.72. The summed E-state index contributed by atoms with van der Waals surface area (Å²) in [6, 6.07) is 8.28. The molecule has 8 nitrogen and oxygen atoms in total. The van der Waals surface area contributed by atoms with Crippen molar-refractivity contribution in [3.63, 3.8) is 0 Å². The van der Waals surface area contributed by atoms with Gasteiger partial charge in [0.15, 0.2) is 0 Å². The Labute approximate surface area is 180 Å². The lowest BCUT2D eigenvalue weighted by Gasteiger charge is -2.31. The van der Waals surface area contributed by atoms with Crippen LogP contribution in [0.25, 0.3) is 10.7 Å². The number of aromatic nitrogens is 2. The number of thiophene rings is 1. The summed E-state index contributed by atoms with van der Waals surface area (Å²) in [4.78, 5) is 19.6. The lowest BCUT2D eigenvalue weighted by atomic mass is 10.1. The normalized spacial score (nSPS) is 12.6. The van der Waals surface area contributed by atoms with Crippen LogP contribution in [0.15, 0.2) is 40.2 Å². The van der Waals surface area contributed by atoms with Gasteiger partial charge in [-0.25, -0.2) is 8.42 Å². The molecule has 0 unspecified atom stereocenters. The van der Waals surface area contributed by atoms with Crippen molar-refractivity contribution in [1.29, 1.82) is 0 Å². The van der Waals surface area contributed by atoms with Crippen molar-refractivity contribution in [2.75, 3.05) is 17.6 Å². The smallest absolute Gasteiger partial charge is 0.246 e. The molecule has 0 aliphatic rings. The van der Waals surface area contributed by atoms with E-state index in [1.807, 2.05) is 37.4 Å². The second kappa shape index (κ2) is 8.57. The van der Waals surface area contributed by atoms with Crippen LogP contribution in [0.3, 0.4) is 0 Å². The van der Waals surface area contributed by atoms with E-state index in [9.17, 15) is 13.2 Å². The molecular formula is C20H24N4O4S2. The molecule has 2 heterocycles. The van der Waals surface area contributed by atoms with Gasteiger partial charge in [0, 0.05) is 7.05 Å². The molecule has 0 aliphatic carbocycles. The Bertz CT molecular complexity index is 1120. The van der Waals surface area contributed by atoms with Gasteiger partial charge in [-0.15, -0.1) is 11.3 Å². The molecule has 160 valence electrons. The molecule has 1 atom stereocenters. The van der Waals surface area contributed by atoms with Gasteiger partial charge in [-0.3, -0.25) is 9.10 Å². The number of sulfonamides is 1. The van der Waals surface area contributed by atoms with E-state index in [1.165, 1.54) is 16.2 Å². The maximum atomic E-state index is 13.0. The molecule has 0 radical (unpaired) electrons. The molecule has 0 N–H and O–H groups in total. The van der Waals surface area contributed by atoms with Crippen LogP contribution in [0.4, 0.5) is 5.69 Å². The topological polar surface area (TPSA) is 96.6 Å². The molecular weight excluding hydrogens is 424 g/mol. The highest BCUT2D eigenvalue weighted by Gasteiger charge is 2.31. The highest BCUT2D eigenvalue weighted by Crippen LogP contribution is 2.25. The zero-order chi connectivity index (χ0) is 22.1. The largest absolute Gasteiger partial charge is 0.337 e. The zero-order valence-corrected chi connectivity index (χ0v) is 19.1. The Morgan fingerprint density at radius 2 is 1.90 bits per heavy atom. The maximum absolute atomic E-state index is 13.0. The van der Waals surface area contributed by atoms with Crippen LogP contribution in [0, 0.1) is 13.8 Å². The van der Waals surface area contributed by atoms with Crippen LogP contribution in [0.2, 0.25) is 0 Å². The predicted molar refractivity (Wildman–Crippen MR) is 117 cm³/mol. The minimum absolute atomic E-state index is 0.0754. The maximum Gasteiger partial charge on any atom is 0.246 e. The molecule has 0 fully saturated rings. The van der Waals surface area contributed by atoms with Crippen LogP contribution in [0.1, 0.15) is 23.9 Å². The van der Waals surface area contributed by atoms with E-state index in [2.05, 4.69) is 10.1 Å². The Kier molecular flexibility index (Phi) is 6.27. The van der Waals surface area contributed by atoms with Crippen LogP contribution in [-0.4, -0.2) is 48.7 Å². The van der Waals surface area contributed by atoms with Gasteiger partial charge in [-0.1, -0.05) is 17.3 Å². The number of nitrogens with zero attached hydrogens (tertiary/aromatic N) is 4. The van der Waals surface area contributed by atoms with Crippen molar-refractivity contribution in [2.24, 2.45) is 0 Å². The molecule has 0 aliphatic heterocycles. The fourth-order valence-electron chi connectivity index (χ4n) is 3.31. The van der Waals surface area contributed by atoms with E-state index in [0.29, 0.717) is 11.5 Å². The minimum Gasteiger partial charge on any atom is -0.337 e. The summed E-state index contributed by atoms with van der Waals surface area (Å²) in [5.41, 5.74) is 2.29. The summed E-state index contributed by atoms with van der Waals surface area (Å²) in [7, 11) is -2.11. The fraction of sp³-hybridized carbons (Fsp3) is 0.350. The second-order valence-electron chi connectivity index (χ2n) is 7.26. The van der Waals surface area contributed by atoms with E-state index in [0.717, 1.165) is 26.6 Å². The number of carbonyl (C=O) groups excluding carboxylic acids is 1. The lowest BCUT2D eigenvalue weighted by molar-refractivity contribution is -0.131. The van der Waals surface area contributed by atoms with Gasteiger partial charge in [0.25, 0.3) is 0 Å². The first-order valence-electron chi connectivity index (χ1n) is 9.25. The van der Waals surface area contributed by atoms with Gasteiger partial charge in [0.1, 0.15) is 6.04 Å². The van der Waals surface area contributed by atoms with E-state index in [1.54, 1.807) is 26.1 Å². The number of hydrogen-bond donors (Lipinski definition) is 0. The summed E-state index contributed by atoms with van der Waals surface area (Å²) in [5.74, 6) is 0.358. The third-order valence-electron chi connectivity index (χ3n) is 4.49. The van der Waals surface area contributed by atoms with Gasteiger partial charge in [-0.05, 0) is 55.5 Å².